The van der Waals surface area contributed by atoms with Crippen LogP contribution in [0.4, 0.5) is 0 Å². The van der Waals surface area contributed by atoms with E-state index in [9.17, 15) is 4.79 Å². The maximum Gasteiger partial charge on any atom is 0.186 e. The van der Waals surface area contributed by atoms with Gasteiger partial charge in [0.25, 0.3) is 0 Å². The van der Waals surface area contributed by atoms with Crippen molar-refractivity contribution in [3.05, 3.63) is 17.0 Å². The fourth-order valence-corrected chi connectivity index (χ4v) is 4.87. The van der Waals surface area contributed by atoms with E-state index in [4.69, 9.17) is 0 Å². The fraction of sp³-hybridized carbons (Fsp3) is 0.667. The van der Waals surface area contributed by atoms with Crippen molar-refractivity contribution in [1.29, 1.82) is 0 Å². The Balaban J connectivity index is 1.92. The van der Waals surface area contributed by atoms with Gasteiger partial charge in [-0.3, -0.25) is 9.69 Å². The Morgan fingerprint density at radius 3 is 2.68 bits per heavy atom. The summed E-state index contributed by atoms with van der Waals surface area (Å²) in [6.45, 7) is 9.44. The van der Waals surface area contributed by atoms with Gasteiger partial charge in [0.1, 0.15) is 0 Å². The number of carbonyl (C=O) groups is 1. The highest BCUT2D eigenvalue weighted by Gasteiger charge is 2.24. The molecule has 4 heteroatoms. The van der Waals surface area contributed by atoms with Gasteiger partial charge in [-0.15, -0.1) is 23.1 Å². The first-order chi connectivity index (χ1) is 9.08. The van der Waals surface area contributed by atoms with Crippen LogP contribution < -0.4 is 0 Å². The number of thioether (sulfide) groups is 1. The van der Waals surface area contributed by atoms with E-state index < -0.39 is 0 Å². The minimum atomic E-state index is 0.286. The summed E-state index contributed by atoms with van der Waals surface area (Å²) in [5.74, 6) is 2.78. The zero-order chi connectivity index (χ0) is 13.8. The van der Waals surface area contributed by atoms with Crippen molar-refractivity contribution in [1.82, 2.24) is 4.90 Å². The average Bonchev–Trinajstić information content (AvgIpc) is 2.76. The summed E-state index contributed by atoms with van der Waals surface area (Å²) >= 11 is 3.46. The van der Waals surface area contributed by atoms with Crippen LogP contribution in [0.5, 0.6) is 0 Å². The highest BCUT2D eigenvalue weighted by atomic mass is 32.2. The van der Waals surface area contributed by atoms with Crippen LogP contribution >= 0.6 is 23.1 Å². The number of hydrogen-bond donors (Lipinski definition) is 0. The first-order valence-electron chi connectivity index (χ1n) is 7.06. The van der Waals surface area contributed by atoms with Crippen molar-refractivity contribution in [2.24, 2.45) is 11.8 Å². The van der Waals surface area contributed by atoms with Gasteiger partial charge in [-0.25, -0.2) is 0 Å². The van der Waals surface area contributed by atoms with Crippen molar-refractivity contribution in [3.8, 4) is 0 Å². The average molecular weight is 297 g/mol. The van der Waals surface area contributed by atoms with Crippen LogP contribution in [-0.2, 0) is 0 Å². The largest absolute Gasteiger partial charge is 0.295 e. The molecule has 2 heterocycles. The Kier molecular flexibility index (Phi) is 5.48. The van der Waals surface area contributed by atoms with Crippen LogP contribution in [0.1, 0.15) is 36.9 Å². The normalized spacial score (nSPS) is 24.6. The van der Waals surface area contributed by atoms with Gasteiger partial charge in [0, 0.05) is 13.1 Å². The summed E-state index contributed by atoms with van der Waals surface area (Å²) in [6, 6.07) is 4.06. The maximum atomic E-state index is 12.3. The SMILES string of the molecule is CCSc1ccc(C(=O)CN2CC(C)CC(C)C2)s1. The molecule has 2 nitrogen and oxygen atoms in total. The molecule has 0 radical (unpaired) electrons. The van der Waals surface area contributed by atoms with Crippen LogP contribution in [-0.4, -0.2) is 36.1 Å². The molecule has 0 aromatic carbocycles. The highest BCUT2D eigenvalue weighted by Crippen LogP contribution is 2.28. The molecular formula is C15H23NOS2. The Labute approximate surface area is 124 Å². The van der Waals surface area contributed by atoms with Crippen molar-refractivity contribution >= 4 is 28.9 Å². The molecule has 1 aliphatic rings. The summed E-state index contributed by atoms with van der Waals surface area (Å²) in [5, 5.41) is 0. The molecule has 2 atom stereocenters. The third-order valence-electron chi connectivity index (χ3n) is 3.45. The van der Waals surface area contributed by atoms with Gasteiger partial charge in [0.15, 0.2) is 5.78 Å². The molecule has 0 N–H and O–H groups in total. The lowest BCUT2D eigenvalue weighted by Crippen LogP contribution is -2.41. The van der Waals surface area contributed by atoms with Gasteiger partial charge in [0.05, 0.1) is 15.6 Å². The Morgan fingerprint density at radius 1 is 1.37 bits per heavy atom. The Morgan fingerprint density at radius 2 is 2.05 bits per heavy atom. The van der Waals surface area contributed by atoms with Gasteiger partial charge < -0.3 is 0 Å². The van der Waals surface area contributed by atoms with E-state index in [1.807, 2.05) is 17.8 Å². The topological polar surface area (TPSA) is 20.3 Å². The number of nitrogens with zero attached hydrogens (tertiary/aromatic N) is 1. The number of carbonyl (C=O) groups excluding carboxylic acids is 1. The van der Waals surface area contributed by atoms with Crippen LogP contribution in [0.25, 0.3) is 0 Å². The van der Waals surface area contributed by atoms with E-state index in [0.29, 0.717) is 18.4 Å². The first-order valence-corrected chi connectivity index (χ1v) is 8.86. The predicted molar refractivity (Wildman–Crippen MR) is 84.4 cm³/mol. The molecule has 0 bridgehead atoms. The van der Waals surface area contributed by atoms with Gasteiger partial charge >= 0.3 is 0 Å². The molecule has 0 spiro atoms. The van der Waals surface area contributed by atoms with Crippen molar-refractivity contribution in [2.45, 2.75) is 31.4 Å². The van der Waals surface area contributed by atoms with E-state index in [-0.39, 0.29) is 5.78 Å². The van der Waals surface area contributed by atoms with Gasteiger partial charge in [-0.2, -0.15) is 0 Å². The van der Waals surface area contributed by atoms with Crippen LogP contribution in [0, 0.1) is 11.8 Å². The molecule has 19 heavy (non-hydrogen) atoms. The zero-order valence-electron chi connectivity index (χ0n) is 12.0. The molecule has 1 fully saturated rings. The smallest absolute Gasteiger partial charge is 0.186 e. The second kappa shape index (κ2) is 6.91. The standard InChI is InChI=1S/C15H23NOS2/c1-4-18-15-6-5-14(19-15)13(17)10-16-8-11(2)7-12(3)9-16/h5-6,11-12H,4,7-10H2,1-3H3. The second-order valence-electron chi connectivity index (χ2n) is 5.61. The van der Waals surface area contributed by atoms with Crippen LogP contribution in [0.15, 0.2) is 16.3 Å². The monoisotopic (exact) mass is 297 g/mol. The fourth-order valence-electron chi connectivity index (χ4n) is 2.89. The van der Waals surface area contributed by atoms with E-state index in [2.05, 4.69) is 31.7 Å². The summed E-state index contributed by atoms with van der Waals surface area (Å²) in [7, 11) is 0. The van der Waals surface area contributed by atoms with E-state index >= 15 is 0 Å². The lowest BCUT2D eigenvalue weighted by atomic mass is 9.92. The number of likely N-dealkylation sites (tertiary alicyclic amines) is 1. The number of thiophene rings is 1. The van der Waals surface area contributed by atoms with E-state index in [1.54, 1.807) is 11.3 Å². The minimum Gasteiger partial charge on any atom is -0.295 e. The molecule has 106 valence electrons. The Bertz CT molecular complexity index is 420. The molecule has 2 rings (SSSR count). The third kappa shape index (κ3) is 4.33. The van der Waals surface area contributed by atoms with Crippen molar-refractivity contribution < 1.29 is 4.79 Å². The number of piperidine rings is 1. The summed E-state index contributed by atoms with van der Waals surface area (Å²) in [4.78, 5) is 15.5. The molecule has 0 saturated carbocycles. The van der Waals surface area contributed by atoms with Crippen molar-refractivity contribution in [2.75, 3.05) is 25.4 Å². The van der Waals surface area contributed by atoms with Gasteiger partial charge in [-0.05, 0) is 36.1 Å². The van der Waals surface area contributed by atoms with Crippen LogP contribution in [0.2, 0.25) is 0 Å². The quantitative estimate of drug-likeness (QED) is 0.605. The van der Waals surface area contributed by atoms with Crippen LogP contribution in [0.3, 0.4) is 0 Å². The van der Waals surface area contributed by atoms with Gasteiger partial charge in [0.2, 0.25) is 0 Å². The zero-order valence-corrected chi connectivity index (χ0v) is 13.6. The number of ketones is 1. The molecule has 1 aromatic heterocycles. The molecule has 1 saturated heterocycles. The second-order valence-corrected chi connectivity index (χ2v) is 8.26. The summed E-state index contributed by atoms with van der Waals surface area (Å²) in [5.41, 5.74) is 0. The Hall–Kier alpha value is -0.320. The molecule has 0 amide bonds. The summed E-state index contributed by atoms with van der Waals surface area (Å²) in [6.07, 6.45) is 1.29. The molecule has 2 unspecified atom stereocenters. The lowest BCUT2D eigenvalue weighted by Gasteiger charge is -2.34. The maximum absolute atomic E-state index is 12.3. The summed E-state index contributed by atoms with van der Waals surface area (Å²) < 4.78 is 1.26. The van der Waals surface area contributed by atoms with E-state index in [0.717, 1.165) is 23.7 Å². The lowest BCUT2D eigenvalue weighted by molar-refractivity contribution is 0.0853. The molecular weight excluding hydrogens is 274 g/mol. The predicted octanol–water partition coefficient (Wildman–Crippen LogP) is 4.02. The molecule has 1 aromatic rings. The highest BCUT2D eigenvalue weighted by molar-refractivity contribution is 8.01. The minimum absolute atomic E-state index is 0.286. The number of hydrogen-bond acceptors (Lipinski definition) is 4. The van der Waals surface area contributed by atoms with Gasteiger partial charge in [-0.1, -0.05) is 20.8 Å². The molecule has 1 aliphatic heterocycles. The van der Waals surface area contributed by atoms with E-state index in [1.165, 1.54) is 10.6 Å². The van der Waals surface area contributed by atoms with Crippen molar-refractivity contribution in [3.63, 3.8) is 0 Å². The number of rotatable bonds is 5. The molecule has 0 aliphatic carbocycles. The third-order valence-corrected chi connectivity index (χ3v) is 5.69. The number of Topliss-reactive ketones (excluding diaryl/α,β-unsaturated/α-hetero) is 1. The first kappa shape index (κ1) is 15.1.